The van der Waals surface area contributed by atoms with E-state index in [0.717, 1.165) is 5.56 Å². The molecule has 5 heteroatoms. The number of ether oxygens (including phenoxy) is 1. The number of aliphatic hydroxyl groups excluding tert-OH is 1. The molecule has 0 saturated carbocycles. The van der Waals surface area contributed by atoms with Crippen molar-refractivity contribution in [1.29, 1.82) is 0 Å². The molecule has 1 heterocycles. The van der Waals surface area contributed by atoms with Crippen LogP contribution in [0.4, 0.5) is 9.18 Å². The number of amides is 1. The molecule has 1 N–H and O–H groups in total. The molecule has 0 spiro atoms. The van der Waals surface area contributed by atoms with Crippen LogP contribution in [-0.4, -0.2) is 35.8 Å². The van der Waals surface area contributed by atoms with Gasteiger partial charge in [-0.05, 0) is 17.7 Å². The predicted molar refractivity (Wildman–Crippen MR) is 58.9 cm³/mol. The van der Waals surface area contributed by atoms with Crippen LogP contribution in [0.5, 0.6) is 0 Å². The number of cyclic esters (lactones) is 1. The Morgan fingerprint density at radius 3 is 2.71 bits per heavy atom. The number of β-amino-alcohol motifs (C(OH)–C–C–N with tert-alkyl or cyclic N) is 1. The summed E-state index contributed by atoms with van der Waals surface area (Å²) >= 11 is 0. The number of benzene rings is 1. The first kappa shape index (κ1) is 11.9. The largest absolute Gasteiger partial charge is 0.441 e. The van der Waals surface area contributed by atoms with Gasteiger partial charge in [-0.15, -0.1) is 0 Å². The van der Waals surface area contributed by atoms with Crippen molar-refractivity contribution in [3.8, 4) is 0 Å². The van der Waals surface area contributed by atoms with Gasteiger partial charge in [-0.2, -0.15) is 0 Å². The van der Waals surface area contributed by atoms with E-state index in [4.69, 9.17) is 9.84 Å². The molecule has 4 nitrogen and oxygen atoms in total. The Hall–Kier alpha value is -1.62. The summed E-state index contributed by atoms with van der Waals surface area (Å²) < 4.78 is 18.0. The van der Waals surface area contributed by atoms with Crippen LogP contribution in [0.15, 0.2) is 24.3 Å². The Morgan fingerprint density at radius 1 is 1.41 bits per heavy atom. The number of halogens is 1. The number of nitrogens with zero attached hydrogens (tertiary/aromatic N) is 1. The molecule has 1 amide bonds. The normalized spacial score (nSPS) is 20.2. The van der Waals surface area contributed by atoms with Gasteiger partial charge in [0.2, 0.25) is 0 Å². The number of carbonyl (C=O) groups excluding carboxylic acids is 1. The van der Waals surface area contributed by atoms with Gasteiger partial charge in [-0.25, -0.2) is 9.18 Å². The van der Waals surface area contributed by atoms with Crippen molar-refractivity contribution >= 4 is 6.09 Å². The molecule has 1 unspecified atom stereocenters. The predicted octanol–water partition coefficient (Wildman–Crippen LogP) is 1.70. The van der Waals surface area contributed by atoms with E-state index >= 15 is 0 Å². The lowest BCUT2D eigenvalue weighted by atomic mass is 10.1. The molecule has 2 rings (SSSR count). The first-order chi connectivity index (χ1) is 8.20. The second-order valence-corrected chi connectivity index (χ2v) is 3.92. The van der Waals surface area contributed by atoms with Gasteiger partial charge in [-0.3, -0.25) is 0 Å². The van der Waals surface area contributed by atoms with Crippen molar-refractivity contribution in [1.82, 2.24) is 4.90 Å². The molecular formula is C12H14FNO3. The summed E-state index contributed by atoms with van der Waals surface area (Å²) in [6.45, 7) is 0.757. The number of carbonyl (C=O) groups is 1. The monoisotopic (exact) mass is 239 g/mol. The minimum Gasteiger partial charge on any atom is -0.441 e. The molecule has 0 radical (unpaired) electrons. The Kier molecular flexibility index (Phi) is 3.58. The average molecular weight is 239 g/mol. The first-order valence-electron chi connectivity index (χ1n) is 5.52. The van der Waals surface area contributed by atoms with E-state index in [1.165, 1.54) is 17.0 Å². The summed E-state index contributed by atoms with van der Waals surface area (Å²) in [4.78, 5) is 13.0. The zero-order valence-electron chi connectivity index (χ0n) is 9.30. The van der Waals surface area contributed by atoms with Crippen LogP contribution in [0.3, 0.4) is 0 Å². The standard InChI is InChI=1S/C12H14FNO3/c13-10-3-1-9(2-4-10)11-5-6-14(7-8-15)12(16)17-11/h1-4,11,15H,5-8H2. The number of aliphatic hydroxyl groups is 1. The zero-order chi connectivity index (χ0) is 12.3. The van der Waals surface area contributed by atoms with Crippen LogP contribution in [0.25, 0.3) is 0 Å². The van der Waals surface area contributed by atoms with Crippen molar-refractivity contribution in [2.75, 3.05) is 19.7 Å². The molecule has 0 bridgehead atoms. The summed E-state index contributed by atoms with van der Waals surface area (Å²) in [7, 11) is 0. The maximum Gasteiger partial charge on any atom is 0.410 e. The maximum absolute atomic E-state index is 12.7. The van der Waals surface area contributed by atoms with Gasteiger partial charge >= 0.3 is 6.09 Å². The van der Waals surface area contributed by atoms with Gasteiger partial charge in [0.25, 0.3) is 0 Å². The minimum absolute atomic E-state index is 0.0731. The first-order valence-corrected chi connectivity index (χ1v) is 5.52. The fourth-order valence-corrected chi connectivity index (χ4v) is 1.86. The van der Waals surface area contributed by atoms with Gasteiger partial charge in [0.05, 0.1) is 6.61 Å². The second kappa shape index (κ2) is 5.14. The molecule has 1 aliphatic rings. The van der Waals surface area contributed by atoms with Crippen molar-refractivity contribution < 1.29 is 19.0 Å². The fraction of sp³-hybridized carbons (Fsp3) is 0.417. The maximum atomic E-state index is 12.7. The van der Waals surface area contributed by atoms with Crippen molar-refractivity contribution in [2.24, 2.45) is 0 Å². The average Bonchev–Trinajstić information content (AvgIpc) is 2.33. The summed E-state index contributed by atoms with van der Waals surface area (Å²) in [5.74, 6) is -0.308. The number of rotatable bonds is 3. The fourth-order valence-electron chi connectivity index (χ4n) is 1.86. The molecule has 0 aliphatic carbocycles. The molecule has 1 aromatic carbocycles. The van der Waals surface area contributed by atoms with Gasteiger partial charge in [0.15, 0.2) is 0 Å². The van der Waals surface area contributed by atoms with Crippen molar-refractivity contribution in [3.05, 3.63) is 35.6 Å². The van der Waals surface area contributed by atoms with Gasteiger partial charge in [-0.1, -0.05) is 12.1 Å². The highest BCUT2D eigenvalue weighted by Gasteiger charge is 2.27. The molecule has 1 fully saturated rings. The van der Waals surface area contributed by atoms with Crippen molar-refractivity contribution in [3.63, 3.8) is 0 Å². The third-order valence-corrected chi connectivity index (χ3v) is 2.77. The lowest BCUT2D eigenvalue weighted by Crippen LogP contribution is -2.40. The van der Waals surface area contributed by atoms with Crippen LogP contribution in [0.1, 0.15) is 18.1 Å². The van der Waals surface area contributed by atoms with Gasteiger partial charge in [0, 0.05) is 19.5 Å². The molecular weight excluding hydrogens is 225 g/mol. The SMILES string of the molecule is O=C1OC(c2ccc(F)cc2)CCN1CCO. The minimum atomic E-state index is -0.431. The van der Waals surface area contributed by atoms with E-state index < -0.39 is 6.09 Å². The van der Waals surface area contributed by atoms with Crippen molar-refractivity contribution in [2.45, 2.75) is 12.5 Å². The van der Waals surface area contributed by atoms with E-state index in [1.54, 1.807) is 12.1 Å². The lowest BCUT2D eigenvalue weighted by molar-refractivity contribution is 0.0195. The third-order valence-electron chi connectivity index (χ3n) is 2.77. The van der Waals surface area contributed by atoms with Crippen LogP contribution in [0, 0.1) is 5.82 Å². The van der Waals surface area contributed by atoms with Gasteiger partial charge < -0.3 is 14.7 Å². The van der Waals surface area contributed by atoms with Crippen LogP contribution in [0.2, 0.25) is 0 Å². The Labute approximate surface area is 98.6 Å². The summed E-state index contributed by atoms with van der Waals surface area (Å²) in [6.07, 6.45) is -0.102. The lowest BCUT2D eigenvalue weighted by Gasteiger charge is -2.31. The highest BCUT2D eigenvalue weighted by Crippen LogP contribution is 2.26. The summed E-state index contributed by atoms with van der Waals surface area (Å²) in [5, 5.41) is 8.76. The Balaban J connectivity index is 2.01. The van der Waals surface area contributed by atoms with Crippen LogP contribution >= 0.6 is 0 Å². The van der Waals surface area contributed by atoms with E-state index in [0.29, 0.717) is 13.0 Å². The molecule has 17 heavy (non-hydrogen) atoms. The number of hydrogen-bond donors (Lipinski definition) is 1. The summed E-state index contributed by atoms with van der Waals surface area (Å²) in [5.41, 5.74) is 0.795. The number of hydrogen-bond acceptors (Lipinski definition) is 3. The smallest absolute Gasteiger partial charge is 0.410 e. The van der Waals surface area contributed by atoms with E-state index in [2.05, 4.69) is 0 Å². The van der Waals surface area contributed by atoms with E-state index in [1.807, 2.05) is 0 Å². The molecule has 1 saturated heterocycles. The highest BCUT2D eigenvalue weighted by atomic mass is 19.1. The topological polar surface area (TPSA) is 49.8 Å². The highest BCUT2D eigenvalue weighted by molar-refractivity contribution is 5.68. The molecule has 1 atom stereocenters. The quantitative estimate of drug-likeness (QED) is 0.873. The molecule has 1 aromatic rings. The summed E-state index contributed by atoms with van der Waals surface area (Å²) in [6, 6.07) is 5.94. The Bertz CT molecular complexity index is 393. The zero-order valence-corrected chi connectivity index (χ0v) is 9.30. The van der Waals surface area contributed by atoms with E-state index in [9.17, 15) is 9.18 Å². The van der Waals surface area contributed by atoms with Crippen LogP contribution < -0.4 is 0 Å². The van der Waals surface area contributed by atoms with Crippen LogP contribution in [-0.2, 0) is 4.74 Å². The molecule has 0 aromatic heterocycles. The third kappa shape index (κ3) is 2.74. The second-order valence-electron chi connectivity index (χ2n) is 3.92. The van der Waals surface area contributed by atoms with Gasteiger partial charge in [0.1, 0.15) is 11.9 Å². The van der Waals surface area contributed by atoms with E-state index in [-0.39, 0.29) is 25.1 Å². The Morgan fingerprint density at radius 2 is 2.12 bits per heavy atom. The molecule has 92 valence electrons. The molecule has 1 aliphatic heterocycles.